The predicted molar refractivity (Wildman–Crippen MR) is 108 cm³/mol. The third-order valence-corrected chi connectivity index (χ3v) is 7.63. The van der Waals surface area contributed by atoms with Crippen LogP contribution in [0.15, 0.2) is 35.8 Å². The van der Waals surface area contributed by atoms with Crippen LogP contribution in [-0.2, 0) is 9.59 Å². The summed E-state index contributed by atoms with van der Waals surface area (Å²) in [7, 11) is 0. The standard InChI is InChI=1S/C19H17FN4O2S2/c1-19-7-6-14(25)24(19)13(10-28-19)17(26)22-16-15(11-2-4-12(20)5-3-11)21-18-23(16)8-9-27-18/h2-5,8-9,13H,6-7,10H2,1H3,(H,22,26)/t13-,19+/m1/s1. The monoisotopic (exact) mass is 416 g/mol. The van der Waals surface area contributed by atoms with Crippen LogP contribution >= 0.6 is 23.1 Å². The number of carbonyl (C=O) groups is 2. The third kappa shape index (κ3) is 2.64. The quantitative estimate of drug-likeness (QED) is 0.709. The van der Waals surface area contributed by atoms with Gasteiger partial charge in [-0.15, -0.1) is 23.1 Å². The number of rotatable bonds is 3. The fourth-order valence-corrected chi connectivity index (χ4v) is 6.07. The molecule has 2 aliphatic heterocycles. The summed E-state index contributed by atoms with van der Waals surface area (Å²) in [5.41, 5.74) is 1.30. The van der Waals surface area contributed by atoms with E-state index in [1.54, 1.807) is 28.8 Å². The van der Waals surface area contributed by atoms with Gasteiger partial charge in [0.05, 0.1) is 4.87 Å². The van der Waals surface area contributed by atoms with Gasteiger partial charge in [0.2, 0.25) is 11.8 Å². The molecule has 2 aromatic heterocycles. The van der Waals surface area contributed by atoms with Crippen LogP contribution in [0, 0.1) is 5.82 Å². The number of hydrogen-bond acceptors (Lipinski definition) is 5. The van der Waals surface area contributed by atoms with E-state index in [0.717, 1.165) is 16.9 Å². The molecule has 2 aliphatic rings. The first kappa shape index (κ1) is 17.7. The Balaban J connectivity index is 1.50. The average Bonchev–Trinajstić information content (AvgIpc) is 3.40. The maximum absolute atomic E-state index is 13.3. The van der Waals surface area contributed by atoms with E-state index in [4.69, 9.17) is 0 Å². The SMILES string of the molecule is C[C@]12CCC(=O)N1[C@@H](C(=O)Nc1c(-c3ccc(F)cc3)nc3sccn13)CS2. The lowest BCUT2D eigenvalue weighted by atomic mass is 10.1. The Morgan fingerprint density at radius 2 is 2.14 bits per heavy atom. The summed E-state index contributed by atoms with van der Waals surface area (Å²) in [5.74, 6) is 0.595. The maximum atomic E-state index is 13.3. The van der Waals surface area contributed by atoms with Gasteiger partial charge < -0.3 is 10.2 Å². The first-order valence-electron chi connectivity index (χ1n) is 8.95. The molecule has 3 aromatic rings. The second kappa shape index (κ2) is 6.31. The Hall–Kier alpha value is -2.39. The molecule has 28 heavy (non-hydrogen) atoms. The van der Waals surface area contributed by atoms with Crippen molar-refractivity contribution in [1.29, 1.82) is 0 Å². The van der Waals surface area contributed by atoms with Crippen LogP contribution in [-0.4, -0.2) is 42.8 Å². The second-order valence-electron chi connectivity index (χ2n) is 7.13. The summed E-state index contributed by atoms with van der Waals surface area (Å²) < 4.78 is 15.1. The first-order valence-corrected chi connectivity index (χ1v) is 10.8. The Kier molecular flexibility index (Phi) is 3.99. The number of thioether (sulfide) groups is 1. The van der Waals surface area contributed by atoms with Crippen LogP contribution in [0.3, 0.4) is 0 Å². The number of nitrogens with one attached hydrogen (secondary N) is 1. The van der Waals surface area contributed by atoms with Gasteiger partial charge in [0.1, 0.15) is 23.4 Å². The Labute approximate surface area is 168 Å². The Morgan fingerprint density at radius 1 is 1.36 bits per heavy atom. The topological polar surface area (TPSA) is 66.7 Å². The number of thiazole rings is 1. The number of carbonyl (C=O) groups excluding carboxylic acids is 2. The van der Waals surface area contributed by atoms with Gasteiger partial charge in [-0.25, -0.2) is 9.37 Å². The van der Waals surface area contributed by atoms with Crippen molar-refractivity contribution in [3.63, 3.8) is 0 Å². The molecule has 0 saturated carbocycles. The smallest absolute Gasteiger partial charge is 0.249 e. The first-order chi connectivity index (χ1) is 13.5. The molecule has 1 aromatic carbocycles. The molecular formula is C19H17FN4O2S2. The maximum Gasteiger partial charge on any atom is 0.249 e. The van der Waals surface area contributed by atoms with Crippen LogP contribution in [0.25, 0.3) is 16.2 Å². The third-order valence-electron chi connectivity index (χ3n) is 5.37. The molecule has 5 rings (SSSR count). The lowest BCUT2D eigenvalue weighted by Crippen LogP contribution is -2.48. The van der Waals surface area contributed by atoms with Gasteiger partial charge in [0.15, 0.2) is 4.96 Å². The minimum absolute atomic E-state index is 0.0281. The lowest BCUT2D eigenvalue weighted by Gasteiger charge is -2.29. The fraction of sp³-hybridized carbons (Fsp3) is 0.316. The Morgan fingerprint density at radius 3 is 2.93 bits per heavy atom. The van der Waals surface area contributed by atoms with Gasteiger partial charge in [-0.05, 0) is 37.6 Å². The largest absolute Gasteiger partial charge is 0.315 e. The summed E-state index contributed by atoms with van der Waals surface area (Å²) in [5, 5.41) is 4.88. The predicted octanol–water partition coefficient (Wildman–Crippen LogP) is 3.59. The van der Waals surface area contributed by atoms with Crippen LogP contribution in [0.4, 0.5) is 10.2 Å². The number of nitrogens with zero attached hydrogens (tertiary/aromatic N) is 3. The number of imidazole rings is 1. The number of aromatic nitrogens is 2. The molecule has 0 spiro atoms. The minimum Gasteiger partial charge on any atom is -0.315 e. The van der Waals surface area contributed by atoms with Crippen LogP contribution in [0.2, 0.25) is 0 Å². The molecule has 2 saturated heterocycles. The highest BCUT2D eigenvalue weighted by molar-refractivity contribution is 8.01. The van der Waals surface area contributed by atoms with E-state index >= 15 is 0 Å². The van der Waals surface area contributed by atoms with E-state index < -0.39 is 6.04 Å². The molecular weight excluding hydrogens is 399 g/mol. The van der Waals surface area contributed by atoms with Crippen LogP contribution in [0.5, 0.6) is 0 Å². The molecule has 1 N–H and O–H groups in total. The van der Waals surface area contributed by atoms with Crippen molar-refractivity contribution in [2.24, 2.45) is 0 Å². The highest BCUT2D eigenvalue weighted by Crippen LogP contribution is 2.47. The van der Waals surface area contributed by atoms with E-state index in [9.17, 15) is 14.0 Å². The summed E-state index contributed by atoms with van der Waals surface area (Å²) in [6.07, 6.45) is 3.09. The summed E-state index contributed by atoms with van der Waals surface area (Å²) in [6, 6.07) is 5.52. The van der Waals surface area contributed by atoms with Crippen LogP contribution in [0.1, 0.15) is 19.8 Å². The molecule has 0 aliphatic carbocycles. The highest BCUT2D eigenvalue weighted by Gasteiger charge is 2.53. The molecule has 9 heteroatoms. The number of fused-ring (bicyclic) bond motifs is 2. The van der Waals surface area contributed by atoms with Crippen molar-refractivity contribution < 1.29 is 14.0 Å². The number of amides is 2. The van der Waals surface area contributed by atoms with E-state index in [0.29, 0.717) is 23.7 Å². The number of halogens is 1. The Bertz CT molecular complexity index is 1090. The fourth-order valence-electron chi connectivity index (χ4n) is 3.93. The van der Waals surface area contributed by atoms with Gasteiger partial charge in [-0.3, -0.25) is 14.0 Å². The molecule has 6 nitrogen and oxygen atoms in total. The van der Waals surface area contributed by atoms with E-state index in [2.05, 4.69) is 10.3 Å². The number of benzene rings is 1. The number of anilines is 1. The summed E-state index contributed by atoms with van der Waals surface area (Å²) >= 11 is 3.11. The number of hydrogen-bond donors (Lipinski definition) is 1. The van der Waals surface area contributed by atoms with Gasteiger partial charge in [-0.2, -0.15) is 0 Å². The molecule has 0 radical (unpaired) electrons. The lowest BCUT2D eigenvalue weighted by molar-refractivity contribution is -0.135. The zero-order valence-electron chi connectivity index (χ0n) is 15.0. The second-order valence-corrected chi connectivity index (χ2v) is 9.50. The van der Waals surface area contributed by atoms with Crippen molar-refractivity contribution in [2.75, 3.05) is 11.1 Å². The van der Waals surface area contributed by atoms with Crippen molar-refractivity contribution in [3.05, 3.63) is 41.7 Å². The van der Waals surface area contributed by atoms with E-state index in [1.165, 1.54) is 23.5 Å². The van der Waals surface area contributed by atoms with Crippen molar-refractivity contribution in [2.45, 2.75) is 30.7 Å². The highest BCUT2D eigenvalue weighted by atomic mass is 32.2. The van der Waals surface area contributed by atoms with Gasteiger partial charge >= 0.3 is 0 Å². The summed E-state index contributed by atoms with van der Waals surface area (Å²) in [4.78, 5) is 32.3. The normalized spacial score (nSPS) is 24.1. The van der Waals surface area contributed by atoms with E-state index in [1.807, 2.05) is 22.9 Å². The molecule has 2 fully saturated rings. The average molecular weight is 417 g/mol. The van der Waals surface area contributed by atoms with Crippen molar-refractivity contribution in [3.8, 4) is 11.3 Å². The summed E-state index contributed by atoms with van der Waals surface area (Å²) in [6.45, 7) is 2.02. The molecule has 144 valence electrons. The van der Waals surface area contributed by atoms with Crippen LogP contribution < -0.4 is 5.32 Å². The van der Waals surface area contributed by atoms with E-state index in [-0.39, 0.29) is 22.5 Å². The zero-order valence-corrected chi connectivity index (χ0v) is 16.6. The molecule has 0 unspecified atom stereocenters. The van der Waals surface area contributed by atoms with Gasteiger partial charge in [0, 0.05) is 29.3 Å². The molecule has 2 amide bonds. The van der Waals surface area contributed by atoms with Gasteiger partial charge in [0.25, 0.3) is 0 Å². The molecule has 2 atom stereocenters. The molecule has 0 bridgehead atoms. The molecule has 4 heterocycles. The van der Waals surface area contributed by atoms with Gasteiger partial charge in [-0.1, -0.05) is 0 Å². The minimum atomic E-state index is -0.504. The van der Waals surface area contributed by atoms with Crippen molar-refractivity contribution in [1.82, 2.24) is 14.3 Å². The van der Waals surface area contributed by atoms with Crippen molar-refractivity contribution >= 4 is 45.7 Å². The zero-order chi connectivity index (χ0) is 19.5.